The van der Waals surface area contributed by atoms with Crippen molar-refractivity contribution in [2.75, 3.05) is 0 Å². The highest BCUT2D eigenvalue weighted by atomic mass is 16.4. The second kappa shape index (κ2) is 4.50. The molecule has 1 rings (SSSR count). The van der Waals surface area contributed by atoms with Gasteiger partial charge in [-0.1, -0.05) is 6.92 Å². The predicted octanol–water partition coefficient (Wildman–Crippen LogP) is 1.76. The van der Waals surface area contributed by atoms with Crippen molar-refractivity contribution in [2.24, 2.45) is 0 Å². The van der Waals surface area contributed by atoms with Crippen molar-refractivity contribution < 1.29 is 14.7 Å². The molecule has 1 aromatic rings. The van der Waals surface area contributed by atoms with Gasteiger partial charge in [0, 0.05) is 12.6 Å². The number of carboxylic acid groups (broad SMARTS) is 1. The molecule has 0 saturated heterocycles. The van der Waals surface area contributed by atoms with Crippen molar-refractivity contribution in [2.45, 2.75) is 19.8 Å². The van der Waals surface area contributed by atoms with Gasteiger partial charge in [0.2, 0.25) is 0 Å². The van der Waals surface area contributed by atoms with Crippen LogP contribution in [-0.4, -0.2) is 21.8 Å². The van der Waals surface area contributed by atoms with Crippen LogP contribution in [0.4, 0.5) is 0 Å². The number of carbonyl (C=O) groups excluding carboxylic acids is 1. The standard InChI is InChI=1S/C10H11NO3/c1-2-3-9(12)8-5-4-7(6-11-8)10(13)14/h4-6H,2-3H2,1H3,(H,13,14). The number of aromatic carboxylic acids is 1. The summed E-state index contributed by atoms with van der Waals surface area (Å²) >= 11 is 0. The van der Waals surface area contributed by atoms with Crippen LogP contribution < -0.4 is 0 Å². The highest BCUT2D eigenvalue weighted by molar-refractivity contribution is 5.95. The number of carboxylic acids is 1. The van der Waals surface area contributed by atoms with E-state index in [9.17, 15) is 9.59 Å². The second-order valence-electron chi connectivity index (χ2n) is 2.91. The average molecular weight is 193 g/mol. The summed E-state index contributed by atoms with van der Waals surface area (Å²) in [5.41, 5.74) is 0.426. The molecule has 0 saturated carbocycles. The van der Waals surface area contributed by atoms with Gasteiger partial charge in [0.15, 0.2) is 5.78 Å². The van der Waals surface area contributed by atoms with Crippen molar-refractivity contribution in [3.05, 3.63) is 29.6 Å². The fraction of sp³-hybridized carbons (Fsp3) is 0.300. The molecule has 4 nitrogen and oxygen atoms in total. The zero-order chi connectivity index (χ0) is 10.6. The summed E-state index contributed by atoms with van der Waals surface area (Å²) in [5, 5.41) is 8.59. The number of carbonyl (C=O) groups is 2. The lowest BCUT2D eigenvalue weighted by Crippen LogP contribution is -2.04. The predicted molar refractivity (Wildman–Crippen MR) is 50.4 cm³/mol. The summed E-state index contributed by atoms with van der Waals surface area (Å²) in [6.45, 7) is 1.91. The molecule has 0 aromatic carbocycles. The van der Waals surface area contributed by atoms with Gasteiger partial charge >= 0.3 is 5.97 Å². The third kappa shape index (κ3) is 2.39. The maximum absolute atomic E-state index is 11.3. The summed E-state index contributed by atoms with van der Waals surface area (Å²) in [6.07, 6.45) is 2.41. The van der Waals surface area contributed by atoms with Crippen LogP contribution in [0.3, 0.4) is 0 Å². The van der Waals surface area contributed by atoms with E-state index in [4.69, 9.17) is 5.11 Å². The van der Waals surface area contributed by atoms with Crippen LogP contribution in [0.15, 0.2) is 18.3 Å². The molecule has 74 valence electrons. The van der Waals surface area contributed by atoms with Crippen LogP contribution in [0.1, 0.15) is 40.6 Å². The monoisotopic (exact) mass is 193 g/mol. The average Bonchev–Trinajstić information content (AvgIpc) is 2.18. The van der Waals surface area contributed by atoms with Crippen molar-refractivity contribution in [1.29, 1.82) is 0 Å². The summed E-state index contributed by atoms with van der Waals surface area (Å²) in [5.74, 6) is -1.09. The zero-order valence-corrected chi connectivity index (χ0v) is 7.86. The fourth-order valence-electron chi connectivity index (χ4n) is 1.04. The lowest BCUT2D eigenvalue weighted by atomic mass is 10.1. The molecular formula is C10H11NO3. The Morgan fingerprint density at radius 2 is 2.14 bits per heavy atom. The number of nitrogens with zero attached hydrogens (tertiary/aromatic N) is 1. The van der Waals surface area contributed by atoms with Gasteiger partial charge in [0.1, 0.15) is 5.69 Å². The maximum atomic E-state index is 11.3. The normalized spacial score (nSPS) is 9.79. The third-order valence-electron chi connectivity index (χ3n) is 1.77. The van der Waals surface area contributed by atoms with Crippen LogP contribution in [0, 0.1) is 0 Å². The van der Waals surface area contributed by atoms with Crippen LogP contribution >= 0.6 is 0 Å². The van der Waals surface area contributed by atoms with Crippen molar-refractivity contribution in [1.82, 2.24) is 4.98 Å². The third-order valence-corrected chi connectivity index (χ3v) is 1.77. The molecule has 0 aliphatic carbocycles. The Kier molecular flexibility index (Phi) is 3.34. The van der Waals surface area contributed by atoms with Crippen LogP contribution in [0.2, 0.25) is 0 Å². The van der Waals surface area contributed by atoms with E-state index in [0.29, 0.717) is 12.1 Å². The van der Waals surface area contributed by atoms with Gasteiger partial charge in [-0.25, -0.2) is 4.79 Å². The number of ketones is 1. The van der Waals surface area contributed by atoms with E-state index in [0.717, 1.165) is 6.42 Å². The lowest BCUT2D eigenvalue weighted by molar-refractivity contribution is 0.0695. The number of aromatic nitrogens is 1. The Labute approximate surface area is 81.6 Å². The van der Waals surface area contributed by atoms with E-state index in [2.05, 4.69) is 4.98 Å². The molecule has 0 aliphatic rings. The molecule has 0 atom stereocenters. The lowest BCUT2D eigenvalue weighted by Gasteiger charge is -1.98. The first-order valence-electron chi connectivity index (χ1n) is 4.37. The Hall–Kier alpha value is -1.71. The minimum absolute atomic E-state index is 0.0514. The minimum atomic E-state index is -1.04. The highest BCUT2D eigenvalue weighted by Crippen LogP contribution is 2.04. The van der Waals surface area contributed by atoms with E-state index in [1.165, 1.54) is 18.3 Å². The number of pyridine rings is 1. The molecule has 0 radical (unpaired) electrons. The van der Waals surface area contributed by atoms with Gasteiger partial charge in [0.05, 0.1) is 5.56 Å². The second-order valence-corrected chi connectivity index (χ2v) is 2.91. The molecule has 1 aromatic heterocycles. The minimum Gasteiger partial charge on any atom is -0.478 e. The van der Waals surface area contributed by atoms with Gasteiger partial charge in [0.25, 0.3) is 0 Å². The Morgan fingerprint density at radius 3 is 2.57 bits per heavy atom. The number of rotatable bonds is 4. The molecule has 0 aliphatic heterocycles. The molecule has 0 spiro atoms. The van der Waals surface area contributed by atoms with Crippen LogP contribution in [0.5, 0.6) is 0 Å². The number of hydrogen-bond acceptors (Lipinski definition) is 3. The number of hydrogen-bond donors (Lipinski definition) is 1. The summed E-state index contributed by atoms with van der Waals surface area (Å²) in [6, 6.07) is 2.83. The molecule has 1 heterocycles. The van der Waals surface area contributed by atoms with Gasteiger partial charge in [-0.15, -0.1) is 0 Å². The van der Waals surface area contributed by atoms with E-state index in [1.54, 1.807) is 0 Å². The first kappa shape index (κ1) is 10.4. The zero-order valence-electron chi connectivity index (χ0n) is 7.86. The SMILES string of the molecule is CCCC(=O)c1ccc(C(=O)O)cn1. The molecule has 14 heavy (non-hydrogen) atoms. The highest BCUT2D eigenvalue weighted by Gasteiger charge is 2.07. The molecule has 4 heteroatoms. The van der Waals surface area contributed by atoms with Gasteiger partial charge in [-0.2, -0.15) is 0 Å². The van der Waals surface area contributed by atoms with E-state index < -0.39 is 5.97 Å². The van der Waals surface area contributed by atoms with Gasteiger partial charge in [-0.3, -0.25) is 9.78 Å². The smallest absolute Gasteiger partial charge is 0.337 e. The quantitative estimate of drug-likeness (QED) is 0.740. The first-order chi connectivity index (χ1) is 6.65. The molecule has 0 fully saturated rings. The molecule has 0 unspecified atom stereocenters. The summed E-state index contributed by atoms with van der Waals surface area (Å²) in [7, 11) is 0. The van der Waals surface area contributed by atoms with Gasteiger partial charge < -0.3 is 5.11 Å². The largest absolute Gasteiger partial charge is 0.478 e. The van der Waals surface area contributed by atoms with Crippen LogP contribution in [0.25, 0.3) is 0 Å². The van der Waals surface area contributed by atoms with E-state index in [-0.39, 0.29) is 11.3 Å². The summed E-state index contributed by atoms with van der Waals surface area (Å²) in [4.78, 5) is 25.6. The van der Waals surface area contributed by atoms with E-state index in [1.807, 2.05) is 6.92 Å². The molecule has 0 amide bonds. The van der Waals surface area contributed by atoms with Crippen molar-refractivity contribution >= 4 is 11.8 Å². The van der Waals surface area contributed by atoms with E-state index >= 15 is 0 Å². The van der Waals surface area contributed by atoms with Crippen molar-refractivity contribution in [3.63, 3.8) is 0 Å². The maximum Gasteiger partial charge on any atom is 0.337 e. The Bertz CT molecular complexity index is 343. The first-order valence-corrected chi connectivity index (χ1v) is 4.37. The molecule has 1 N–H and O–H groups in total. The fourth-order valence-corrected chi connectivity index (χ4v) is 1.04. The van der Waals surface area contributed by atoms with Gasteiger partial charge in [-0.05, 0) is 18.6 Å². The van der Waals surface area contributed by atoms with Crippen LogP contribution in [-0.2, 0) is 0 Å². The van der Waals surface area contributed by atoms with Crippen molar-refractivity contribution in [3.8, 4) is 0 Å². The Balaban J connectivity index is 2.83. The topological polar surface area (TPSA) is 67.3 Å². The Morgan fingerprint density at radius 1 is 1.43 bits per heavy atom. The summed E-state index contributed by atoms with van der Waals surface area (Å²) < 4.78 is 0. The number of Topliss-reactive ketones (excluding diaryl/α,β-unsaturated/α-hetero) is 1. The molecule has 0 bridgehead atoms. The molecular weight excluding hydrogens is 182 g/mol.